The number of nitrogens with zero attached hydrogens (tertiary/aromatic N) is 3. The first kappa shape index (κ1) is 74.8. The van der Waals surface area contributed by atoms with Crippen molar-refractivity contribution in [1.29, 1.82) is 0 Å². The number of guanidine groups is 3. The molecule has 0 spiro atoms. The van der Waals surface area contributed by atoms with E-state index >= 15 is 14.4 Å². The van der Waals surface area contributed by atoms with Gasteiger partial charge in [-0.3, -0.25) is 53.3 Å². The number of nitrogens with two attached hydrogens (primary N) is 8. The number of carbonyl (C=O) groups is 8. The quantitative estimate of drug-likeness (QED) is 0.0146. The van der Waals surface area contributed by atoms with Gasteiger partial charge in [0.2, 0.25) is 47.3 Å². The molecule has 6 rings (SSSR count). The molecule has 3 heterocycles. The Morgan fingerprint density at radius 1 is 0.396 bits per heavy atom. The van der Waals surface area contributed by atoms with Crippen molar-refractivity contribution in [2.45, 2.75) is 178 Å². The molecule has 520 valence electrons. The normalized spacial score (nSPS) is 13.4. The summed E-state index contributed by atoms with van der Waals surface area (Å²) in [4.78, 5) is 136. The molecule has 0 aliphatic heterocycles. The summed E-state index contributed by atoms with van der Waals surface area (Å²) >= 11 is 0. The largest absolute Gasteiger partial charge is 0.370 e. The van der Waals surface area contributed by atoms with Gasteiger partial charge in [0, 0.05) is 103 Å². The SMILES string of the molecule is CCCCCCCCCC(=O)NCCCC[C@H](NC(=O)[C@H](Cc1c[nH]c2ccccc12)NC(=O)[C@@H](CCCN=C(N)N)NC(=O)[C@@H](Cc1c[nH]c2ccccc12)NC(=O)[C@@H](CCCN=C(N)N)NC(=O)[C@H](Cc1c[nH]c2ccccc12)NC(=O)[C@H](N)CCCN=C(N)N)C(N)=O. The van der Waals surface area contributed by atoms with Crippen molar-refractivity contribution >= 4 is 97.8 Å². The highest BCUT2D eigenvalue weighted by Crippen LogP contribution is 2.23. The van der Waals surface area contributed by atoms with Crippen molar-refractivity contribution in [3.63, 3.8) is 0 Å². The number of unbranched alkanes of at least 4 members (excludes halogenated alkanes) is 7. The predicted molar refractivity (Wildman–Crippen MR) is 374 cm³/mol. The van der Waals surface area contributed by atoms with E-state index < -0.39 is 83.6 Å². The van der Waals surface area contributed by atoms with Crippen LogP contribution in [0.15, 0.2) is 106 Å². The molecule has 3 aromatic carbocycles. The fourth-order valence-corrected chi connectivity index (χ4v) is 11.3. The molecule has 3 aromatic heterocycles. The molecule has 0 saturated heterocycles. The molecule has 7 atom stereocenters. The number of aromatic nitrogens is 3. The zero-order valence-corrected chi connectivity index (χ0v) is 54.9. The van der Waals surface area contributed by atoms with Gasteiger partial charge in [0.15, 0.2) is 17.9 Å². The van der Waals surface area contributed by atoms with E-state index in [0.29, 0.717) is 48.9 Å². The molecule has 6 aromatic rings. The molecule has 0 unspecified atom stereocenters. The van der Waals surface area contributed by atoms with Crippen LogP contribution in [-0.4, -0.2) is 149 Å². The van der Waals surface area contributed by atoms with E-state index in [1.165, 1.54) is 19.3 Å². The number of hydrogen-bond acceptors (Lipinski definition) is 12. The third kappa shape index (κ3) is 24.9. The molecule has 8 amide bonds. The van der Waals surface area contributed by atoms with Crippen LogP contribution in [0.25, 0.3) is 32.7 Å². The number of carbonyl (C=O) groups excluding carboxylic acids is 8. The minimum Gasteiger partial charge on any atom is -0.370 e. The molecule has 29 nitrogen and oxygen atoms in total. The molecule has 0 saturated carbocycles. The number of rotatable bonds is 44. The number of fused-ring (bicyclic) bond motifs is 3. The summed E-state index contributed by atoms with van der Waals surface area (Å²) < 4.78 is 0. The lowest BCUT2D eigenvalue weighted by Gasteiger charge is -2.28. The highest BCUT2D eigenvalue weighted by molar-refractivity contribution is 5.99. The molecule has 0 radical (unpaired) electrons. The summed E-state index contributed by atoms with van der Waals surface area (Å²) in [6.07, 6.45) is 14.6. The van der Waals surface area contributed by atoms with Gasteiger partial charge in [-0.15, -0.1) is 0 Å². The average Bonchev–Trinajstić information content (AvgIpc) is 1.65. The van der Waals surface area contributed by atoms with Gasteiger partial charge >= 0.3 is 0 Å². The Balaban J connectivity index is 1.27. The van der Waals surface area contributed by atoms with E-state index in [-0.39, 0.29) is 101 Å². The number of H-pyrrole nitrogens is 3. The number of amides is 8. The van der Waals surface area contributed by atoms with Crippen molar-refractivity contribution in [3.8, 4) is 0 Å². The first-order valence-corrected chi connectivity index (χ1v) is 33.2. The Morgan fingerprint density at radius 3 is 1.15 bits per heavy atom. The minimum atomic E-state index is -1.46. The Labute approximate surface area is 558 Å². The number of para-hydroxylation sites is 3. The van der Waals surface area contributed by atoms with E-state index in [4.69, 9.17) is 45.9 Å². The van der Waals surface area contributed by atoms with Gasteiger partial charge in [0.05, 0.1) is 6.04 Å². The van der Waals surface area contributed by atoms with Crippen LogP contribution in [0.5, 0.6) is 0 Å². The van der Waals surface area contributed by atoms with E-state index in [0.717, 1.165) is 58.4 Å². The molecular formula is C67H99N21O8. The van der Waals surface area contributed by atoms with Crippen LogP contribution in [0.3, 0.4) is 0 Å². The second-order valence-electron chi connectivity index (χ2n) is 24.1. The van der Waals surface area contributed by atoms with Crippen molar-refractivity contribution in [3.05, 3.63) is 108 Å². The maximum absolute atomic E-state index is 15.3. The lowest BCUT2D eigenvalue weighted by atomic mass is 10.0. The van der Waals surface area contributed by atoms with Crippen LogP contribution >= 0.6 is 0 Å². The fraction of sp³-hybridized carbons (Fsp3) is 0.478. The monoisotopic (exact) mass is 1330 g/mol. The molecule has 96 heavy (non-hydrogen) atoms. The summed E-state index contributed by atoms with van der Waals surface area (Å²) in [6, 6.07) is 12.9. The molecule has 29 heteroatoms. The maximum Gasteiger partial charge on any atom is 0.243 e. The second kappa shape index (κ2) is 39.5. The first-order valence-electron chi connectivity index (χ1n) is 33.2. The maximum atomic E-state index is 15.3. The van der Waals surface area contributed by atoms with Crippen LogP contribution in [0, 0.1) is 0 Å². The molecule has 26 N–H and O–H groups in total. The lowest BCUT2D eigenvalue weighted by molar-refractivity contribution is -0.135. The molecular weight excluding hydrogens is 1230 g/mol. The summed E-state index contributed by atoms with van der Waals surface area (Å²) in [6.45, 7) is 2.83. The number of aromatic amines is 3. The zero-order chi connectivity index (χ0) is 69.4. The van der Waals surface area contributed by atoms with E-state index in [2.05, 4.69) is 74.1 Å². The number of benzene rings is 3. The van der Waals surface area contributed by atoms with Crippen LogP contribution in [0.4, 0.5) is 0 Å². The number of nitrogens with one attached hydrogen (secondary N) is 10. The van der Waals surface area contributed by atoms with Gasteiger partial charge < -0.3 is 98.0 Å². The molecule has 0 bridgehead atoms. The number of primary amides is 1. The van der Waals surface area contributed by atoms with Gasteiger partial charge in [-0.2, -0.15) is 0 Å². The molecule has 0 fully saturated rings. The van der Waals surface area contributed by atoms with E-state index in [1.54, 1.807) is 18.6 Å². The second-order valence-corrected chi connectivity index (χ2v) is 24.1. The summed E-state index contributed by atoms with van der Waals surface area (Å²) in [7, 11) is 0. The summed E-state index contributed by atoms with van der Waals surface area (Å²) in [5, 5.41) is 22.2. The molecule has 0 aliphatic rings. The minimum absolute atomic E-state index is 0.0360. The highest BCUT2D eigenvalue weighted by Gasteiger charge is 2.35. The third-order valence-corrected chi connectivity index (χ3v) is 16.6. The zero-order valence-electron chi connectivity index (χ0n) is 54.9. The van der Waals surface area contributed by atoms with Gasteiger partial charge in [-0.05, 0) is 99.1 Å². The topological polar surface area (TPSA) is 513 Å². The van der Waals surface area contributed by atoms with Gasteiger partial charge in [0.25, 0.3) is 0 Å². The van der Waals surface area contributed by atoms with Crippen molar-refractivity contribution in [2.75, 3.05) is 26.2 Å². The van der Waals surface area contributed by atoms with E-state index in [9.17, 15) is 24.0 Å². The third-order valence-electron chi connectivity index (χ3n) is 16.6. The molecule has 0 aliphatic carbocycles. The van der Waals surface area contributed by atoms with Gasteiger partial charge in [-0.1, -0.05) is 100 Å². The first-order chi connectivity index (χ1) is 46.2. The number of aliphatic imine (C=N–C) groups is 3. The van der Waals surface area contributed by atoms with Crippen LogP contribution in [-0.2, 0) is 57.6 Å². The Kier molecular flexibility index (Phi) is 30.8. The highest BCUT2D eigenvalue weighted by atomic mass is 16.2. The van der Waals surface area contributed by atoms with Gasteiger partial charge in [-0.25, -0.2) is 0 Å². The van der Waals surface area contributed by atoms with Crippen molar-refractivity contribution < 1.29 is 38.4 Å². The van der Waals surface area contributed by atoms with Crippen LogP contribution in [0.2, 0.25) is 0 Å². The number of hydrogen-bond donors (Lipinski definition) is 18. The fourth-order valence-electron chi connectivity index (χ4n) is 11.3. The van der Waals surface area contributed by atoms with Crippen molar-refractivity contribution in [1.82, 2.24) is 52.2 Å². The Morgan fingerprint density at radius 2 is 0.740 bits per heavy atom. The Bertz CT molecular complexity index is 3600. The van der Waals surface area contributed by atoms with E-state index in [1.807, 2.05) is 72.8 Å². The Hall–Kier alpha value is -10.2. The summed E-state index contributed by atoms with van der Waals surface area (Å²) in [5.74, 6) is -6.02. The standard InChI is InChI=1S/C67H99N21O8/c1-2-3-4-5-6-7-8-30-57(89)76-31-16-15-27-51(58(69)90)83-62(94)55(36-42-39-81-49-25-13-10-21-45(42)49)87-60(92)53(29-19-34-79-67(74)75)85-64(96)56(37-43-40-82-50-26-14-11-22-46(43)50)88-61(93)52(28-18-33-78-66(72)73)84-63(95)54(35-41-38-80-48-24-12-9-20-44(41)48)86-59(91)47(68)23-17-32-77-65(70)71/h9-14,20-22,24-26,38-40,47,51-56,80-82H,2-8,15-19,23,27-37,68H2,1H3,(H2,69,90)(H,76,89)(H,83,94)(H,84,95)(H,85,96)(H,86,91)(H,87,92)(H,88,93)(H4,70,71,77)(H4,72,73,78)(H4,74,75,79)/t47-,51+,52-,53-,54+,55+,56-/m1/s1. The van der Waals surface area contributed by atoms with Crippen LogP contribution in [0.1, 0.15) is 133 Å². The van der Waals surface area contributed by atoms with Crippen molar-refractivity contribution in [2.24, 2.45) is 60.8 Å². The average molecular weight is 1330 g/mol. The van der Waals surface area contributed by atoms with Crippen LogP contribution < -0.4 is 83.1 Å². The smallest absolute Gasteiger partial charge is 0.243 e. The predicted octanol–water partition coefficient (Wildman–Crippen LogP) is 1.47. The lowest BCUT2D eigenvalue weighted by Crippen LogP contribution is -2.60. The summed E-state index contributed by atoms with van der Waals surface area (Å²) in [5.41, 5.74) is 50.1. The van der Waals surface area contributed by atoms with Gasteiger partial charge in [0.1, 0.15) is 36.3 Å².